The fraction of sp³-hybridized carbons (Fsp3) is 0.189. The van der Waals surface area contributed by atoms with Crippen LogP contribution in [0.3, 0.4) is 0 Å². The second kappa shape index (κ2) is 11.7. The number of hydrogen-bond acceptors (Lipinski definition) is 3. The summed E-state index contributed by atoms with van der Waals surface area (Å²) in [6.45, 7) is 0.863. The summed E-state index contributed by atoms with van der Waals surface area (Å²) >= 11 is 0. The molecule has 0 unspecified atom stereocenters. The molecule has 0 heterocycles. The van der Waals surface area contributed by atoms with Crippen LogP contribution in [0.1, 0.15) is 27.8 Å². The van der Waals surface area contributed by atoms with Gasteiger partial charge in [-0.15, -0.1) is 0 Å². The third-order valence-corrected chi connectivity index (χ3v) is 7.84. The summed E-state index contributed by atoms with van der Waals surface area (Å²) in [5.41, 5.74) is 9.36. The third kappa shape index (κ3) is 5.33. The Hall–Kier alpha value is -4.50. The quantitative estimate of drug-likeness (QED) is 0.182. The first-order valence-corrected chi connectivity index (χ1v) is 13.9. The van der Waals surface area contributed by atoms with E-state index in [1.807, 2.05) is 0 Å². The van der Waals surface area contributed by atoms with Crippen molar-refractivity contribution in [1.82, 2.24) is 0 Å². The van der Waals surface area contributed by atoms with Gasteiger partial charge in [0.1, 0.15) is 0 Å². The molecule has 0 radical (unpaired) electrons. The van der Waals surface area contributed by atoms with Crippen molar-refractivity contribution in [3.05, 3.63) is 161 Å². The van der Waals surface area contributed by atoms with E-state index in [0.29, 0.717) is 0 Å². The first kappa shape index (κ1) is 27.1. The van der Waals surface area contributed by atoms with Crippen molar-refractivity contribution >= 4 is 17.1 Å². The Labute approximate surface area is 239 Å². The second-order valence-electron chi connectivity index (χ2n) is 10.9. The molecule has 0 N–H and O–H groups in total. The van der Waals surface area contributed by atoms with E-state index in [0.717, 1.165) is 6.54 Å². The fourth-order valence-corrected chi connectivity index (χ4v) is 5.62. The summed E-state index contributed by atoms with van der Waals surface area (Å²) in [5.74, 6) is 0. The van der Waals surface area contributed by atoms with Gasteiger partial charge in [-0.25, -0.2) is 0 Å². The molecule has 0 aliphatic rings. The van der Waals surface area contributed by atoms with E-state index < -0.39 is 5.41 Å². The zero-order valence-electron chi connectivity index (χ0n) is 24.3. The molecule has 40 heavy (non-hydrogen) atoms. The van der Waals surface area contributed by atoms with E-state index >= 15 is 0 Å². The lowest BCUT2D eigenvalue weighted by atomic mass is 9.65. The van der Waals surface area contributed by atoms with Gasteiger partial charge in [-0.3, -0.25) is 0 Å². The molecule has 0 aliphatic heterocycles. The first-order chi connectivity index (χ1) is 19.4. The van der Waals surface area contributed by atoms with Gasteiger partial charge in [0.25, 0.3) is 0 Å². The molecule has 0 aliphatic carbocycles. The summed E-state index contributed by atoms with van der Waals surface area (Å²) in [5, 5.41) is 0. The number of nitrogens with zero attached hydrogens (tertiary/aromatic N) is 3. The third-order valence-electron chi connectivity index (χ3n) is 7.84. The smallest absolute Gasteiger partial charge is 0.0701 e. The van der Waals surface area contributed by atoms with Crippen molar-refractivity contribution < 1.29 is 0 Å². The Morgan fingerprint density at radius 2 is 0.750 bits per heavy atom. The van der Waals surface area contributed by atoms with Crippen molar-refractivity contribution in [2.45, 2.75) is 12.0 Å². The summed E-state index contributed by atoms with van der Waals surface area (Å²) in [6, 6.07) is 48.7. The highest BCUT2D eigenvalue weighted by Gasteiger charge is 2.38. The molecule has 5 aromatic carbocycles. The minimum absolute atomic E-state index is 0.479. The van der Waals surface area contributed by atoms with Crippen molar-refractivity contribution in [3.8, 4) is 0 Å². The number of anilines is 3. The molecule has 0 atom stereocenters. The van der Waals surface area contributed by atoms with Crippen molar-refractivity contribution in [2.24, 2.45) is 0 Å². The monoisotopic (exact) mass is 525 g/mol. The summed E-state index contributed by atoms with van der Waals surface area (Å²) in [4.78, 5) is 6.61. The van der Waals surface area contributed by atoms with E-state index in [2.05, 4.69) is 183 Å². The maximum atomic E-state index is 2.31. The van der Waals surface area contributed by atoms with Crippen LogP contribution in [-0.2, 0) is 12.0 Å². The molecule has 0 saturated carbocycles. The Morgan fingerprint density at radius 3 is 1.15 bits per heavy atom. The van der Waals surface area contributed by atoms with Crippen LogP contribution in [-0.4, -0.2) is 35.2 Å². The van der Waals surface area contributed by atoms with Crippen LogP contribution in [0.4, 0.5) is 17.1 Å². The maximum absolute atomic E-state index is 2.31. The average molecular weight is 526 g/mol. The summed E-state index contributed by atoms with van der Waals surface area (Å²) in [6.07, 6.45) is 0. The van der Waals surface area contributed by atoms with E-state index in [1.54, 1.807) is 0 Å². The topological polar surface area (TPSA) is 9.72 Å². The Balaban J connectivity index is 1.68. The Morgan fingerprint density at radius 1 is 0.400 bits per heavy atom. The average Bonchev–Trinajstić information content (AvgIpc) is 2.99. The molecule has 3 nitrogen and oxygen atoms in total. The Bertz CT molecular complexity index is 1440. The van der Waals surface area contributed by atoms with Gasteiger partial charge in [0.2, 0.25) is 0 Å². The van der Waals surface area contributed by atoms with E-state index in [9.17, 15) is 0 Å². The second-order valence-corrected chi connectivity index (χ2v) is 10.9. The molecule has 0 aromatic heterocycles. The van der Waals surface area contributed by atoms with Gasteiger partial charge in [-0.2, -0.15) is 0 Å². The molecule has 202 valence electrons. The standard InChI is InChI=1S/C37H39N3/c1-38(2)34-22-16-31(17-23-34)37(30-14-10-7-11-15-30,32-18-24-35(25-19-32)39(3)4)33-20-26-36(27-21-33)40(5)28-29-12-8-6-9-13-29/h6-27H,28H2,1-5H3. The molecule has 0 bridgehead atoms. The highest BCUT2D eigenvalue weighted by atomic mass is 15.1. The molecular weight excluding hydrogens is 486 g/mol. The highest BCUT2D eigenvalue weighted by molar-refractivity contribution is 5.64. The lowest BCUT2D eigenvalue weighted by molar-refractivity contribution is 0.744. The van der Waals surface area contributed by atoms with E-state index in [1.165, 1.54) is 44.9 Å². The number of benzene rings is 5. The van der Waals surface area contributed by atoms with Gasteiger partial charge in [0.15, 0.2) is 0 Å². The largest absolute Gasteiger partial charge is 0.378 e. The minimum Gasteiger partial charge on any atom is -0.378 e. The van der Waals surface area contributed by atoms with Gasteiger partial charge in [-0.1, -0.05) is 97.1 Å². The highest BCUT2D eigenvalue weighted by Crippen LogP contribution is 2.46. The molecule has 0 saturated heterocycles. The predicted octanol–water partition coefficient (Wildman–Crippen LogP) is 7.84. The SMILES string of the molecule is CN(C)c1ccc(C(c2ccccc2)(c2ccc(N(C)C)cc2)c2ccc(N(C)Cc3ccccc3)cc2)cc1. The van der Waals surface area contributed by atoms with Crippen molar-refractivity contribution in [2.75, 3.05) is 49.9 Å². The summed E-state index contributed by atoms with van der Waals surface area (Å²) in [7, 11) is 10.5. The van der Waals surface area contributed by atoms with Gasteiger partial charge < -0.3 is 14.7 Å². The van der Waals surface area contributed by atoms with Crippen LogP contribution in [0.5, 0.6) is 0 Å². The molecule has 0 fully saturated rings. The predicted molar refractivity (Wildman–Crippen MR) is 172 cm³/mol. The molecule has 3 heteroatoms. The first-order valence-electron chi connectivity index (χ1n) is 13.9. The van der Waals surface area contributed by atoms with Crippen molar-refractivity contribution in [3.63, 3.8) is 0 Å². The van der Waals surface area contributed by atoms with Gasteiger partial charge in [0.05, 0.1) is 5.41 Å². The van der Waals surface area contributed by atoms with Gasteiger partial charge >= 0.3 is 0 Å². The van der Waals surface area contributed by atoms with Crippen LogP contribution in [0.25, 0.3) is 0 Å². The van der Waals surface area contributed by atoms with Gasteiger partial charge in [0, 0.05) is 58.8 Å². The van der Waals surface area contributed by atoms with Crippen LogP contribution in [0.15, 0.2) is 133 Å². The fourth-order valence-electron chi connectivity index (χ4n) is 5.62. The lowest BCUT2D eigenvalue weighted by Crippen LogP contribution is -2.31. The van der Waals surface area contributed by atoms with E-state index in [-0.39, 0.29) is 0 Å². The maximum Gasteiger partial charge on any atom is 0.0701 e. The Kier molecular flexibility index (Phi) is 7.93. The van der Waals surface area contributed by atoms with Crippen molar-refractivity contribution in [1.29, 1.82) is 0 Å². The minimum atomic E-state index is -0.479. The van der Waals surface area contributed by atoms with Crippen LogP contribution < -0.4 is 14.7 Å². The normalized spacial score (nSPS) is 11.2. The molecule has 5 aromatic rings. The van der Waals surface area contributed by atoms with Crippen LogP contribution in [0.2, 0.25) is 0 Å². The van der Waals surface area contributed by atoms with Crippen LogP contribution >= 0.6 is 0 Å². The lowest BCUT2D eigenvalue weighted by Gasteiger charge is -2.37. The summed E-state index contributed by atoms with van der Waals surface area (Å²) < 4.78 is 0. The zero-order valence-corrected chi connectivity index (χ0v) is 24.3. The number of rotatable bonds is 9. The molecule has 5 rings (SSSR count). The zero-order chi connectivity index (χ0) is 28.1. The molecular formula is C37H39N3. The molecule has 0 amide bonds. The van der Waals surface area contributed by atoms with Gasteiger partial charge in [-0.05, 0) is 64.2 Å². The molecule has 0 spiro atoms. The number of hydrogen-bond donors (Lipinski definition) is 0. The van der Waals surface area contributed by atoms with E-state index in [4.69, 9.17) is 0 Å². The van der Waals surface area contributed by atoms with Crippen LogP contribution in [0, 0.1) is 0 Å².